The second-order valence-electron chi connectivity index (χ2n) is 12.6. The second kappa shape index (κ2) is 18.6. The Morgan fingerprint density at radius 3 is 1.96 bits per heavy atom. The van der Waals surface area contributed by atoms with E-state index in [2.05, 4.69) is 11.9 Å². The van der Waals surface area contributed by atoms with Crippen LogP contribution in [0.4, 0.5) is 0 Å². The van der Waals surface area contributed by atoms with Gasteiger partial charge in [0.15, 0.2) is 16.8 Å². The number of benzene rings is 2. The molecule has 0 saturated carbocycles. The lowest BCUT2D eigenvalue weighted by atomic mass is 9.99. The van der Waals surface area contributed by atoms with Crippen molar-refractivity contribution in [2.24, 2.45) is 0 Å². The second-order valence-corrected chi connectivity index (χ2v) is 12.6. The van der Waals surface area contributed by atoms with E-state index in [1.165, 1.54) is 96.0 Å². The third-order valence-electron chi connectivity index (χ3n) is 8.93. The summed E-state index contributed by atoms with van der Waals surface area (Å²) >= 11 is 0. The predicted octanol–water partition coefficient (Wildman–Crippen LogP) is 6.28. The molecule has 4 rings (SSSR count). The Labute approximate surface area is 266 Å². The molecule has 1 fully saturated rings. The molecule has 0 aromatic heterocycles. The first-order chi connectivity index (χ1) is 21.9. The normalized spacial score (nSPS) is 21.9. The fourth-order valence-electron chi connectivity index (χ4n) is 6.11. The average molecular weight is 628 g/mol. The third-order valence-corrected chi connectivity index (χ3v) is 8.93. The molecule has 9 nitrogen and oxygen atoms in total. The van der Waals surface area contributed by atoms with E-state index in [9.17, 15) is 25.2 Å². The minimum absolute atomic E-state index is 0.0675. The largest absolute Gasteiger partial charge is 0.462 e. The molecule has 45 heavy (non-hydrogen) atoms. The van der Waals surface area contributed by atoms with Crippen LogP contribution in [-0.4, -0.2) is 62.7 Å². The van der Waals surface area contributed by atoms with Crippen LogP contribution in [0.15, 0.2) is 39.5 Å². The zero-order valence-corrected chi connectivity index (χ0v) is 26.9. The number of nitrogens with zero attached hydrogens (tertiary/aromatic N) is 1. The highest BCUT2D eigenvalue weighted by Gasteiger charge is 2.44. The van der Waals surface area contributed by atoms with Gasteiger partial charge in [0.1, 0.15) is 41.4 Å². The van der Waals surface area contributed by atoms with Crippen LogP contribution in [-0.2, 0) is 11.2 Å². The SMILES string of the molecule is CCCCCCCCCCCCCCCCCCc1cc2nc3ccc(O[C@@H]4O[C@H](CO)[C@H](O)[C@H](O)[C@H]4O)cc3oc-2cc1=O. The summed E-state index contributed by atoms with van der Waals surface area (Å²) < 4.78 is 17.1. The number of aliphatic hydroxyl groups excluding tert-OH is 4. The number of hydrogen-bond acceptors (Lipinski definition) is 9. The summed E-state index contributed by atoms with van der Waals surface area (Å²) in [5.74, 6) is 0.632. The number of aryl methyl sites for hydroxylation is 1. The molecule has 1 aliphatic carbocycles. The van der Waals surface area contributed by atoms with E-state index < -0.39 is 37.3 Å². The van der Waals surface area contributed by atoms with E-state index in [1.54, 1.807) is 18.2 Å². The molecule has 1 aromatic rings. The number of fused-ring (bicyclic) bond motifs is 2. The van der Waals surface area contributed by atoms with Gasteiger partial charge in [-0.05, 0) is 31.0 Å². The smallest absolute Gasteiger partial charge is 0.229 e. The summed E-state index contributed by atoms with van der Waals surface area (Å²) in [5.41, 5.74) is 2.22. The zero-order valence-electron chi connectivity index (χ0n) is 26.9. The molecule has 4 N–H and O–H groups in total. The molecular formula is C36H53NO8. The van der Waals surface area contributed by atoms with Crippen LogP contribution < -0.4 is 10.2 Å². The maximum Gasteiger partial charge on any atom is 0.229 e. The Bertz CT molecular complexity index is 1310. The molecule has 250 valence electrons. The van der Waals surface area contributed by atoms with Crippen molar-refractivity contribution in [3.8, 4) is 17.2 Å². The highest BCUT2D eigenvalue weighted by Crippen LogP contribution is 2.30. The summed E-state index contributed by atoms with van der Waals surface area (Å²) in [5, 5.41) is 39.7. The molecule has 1 aromatic carbocycles. The molecule has 2 heterocycles. The van der Waals surface area contributed by atoms with Crippen LogP contribution in [0.2, 0.25) is 0 Å². The first kappa shape index (κ1) is 35.3. The van der Waals surface area contributed by atoms with E-state index in [1.807, 2.05) is 6.07 Å². The Morgan fingerprint density at radius 2 is 1.36 bits per heavy atom. The first-order valence-electron chi connectivity index (χ1n) is 17.3. The van der Waals surface area contributed by atoms with Crippen molar-refractivity contribution >= 4 is 11.1 Å². The molecule has 9 heteroatoms. The summed E-state index contributed by atoms with van der Waals surface area (Å²) in [6.07, 6.45) is 14.8. The Balaban J connectivity index is 1.18. The van der Waals surface area contributed by atoms with Crippen molar-refractivity contribution in [2.45, 2.75) is 147 Å². The lowest BCUT2D eigenvalue weighted by Crippen LogP contribution is -2.60. The number of hydrogen-bond donors (Lipinski definition) is 4. The van der Waals surface area contributed by atoms with Gasteiger partial charge in [0.25, 0.3) is 0 Å². The van der Waals surface area contributed by atoms with Gasteiger partial charge < -0.3 is 34.3 Å². The van der Waals surface area contributed by atoms with E-state index >= 15 is 0 Å². The topological polar surface area (TPSA) is 142 Å². The van der Waals surface area contributed by atoms with Gasteiger partial charge >= 0.3 is 0 Å². The van der Waals surface area contributed by atoms with Crippen molar-refractivity contribution in [2.75, 3.05) is 6.61 Å². The van der Waals surface area contributed by atoms with E-state index in [4.69, 9.17) is 13.9 Å². The first-order valence-corrected chi connectivity index (χ1v) is 17.3. The fourth-order valence-corrected chi connectivity index (χ4v) is 6.11. The number of aromatic nitrogens is 1. The Morgan fingerprint density at radius 1 is 0.756 bits per heavy atom. The highest BCUT2D eigenvalue weighted by atomic mass is 16.7. The van der Waals surface area contributed by atoms with Gasteiger partial charge in [-0.2, -0.15) is 0 Å². The minimum Gasteiger partial charge on any atom is -0.462 e. The van der Waals surface area contributed by atoms with Crippen LogP contribution in [0, 0.1) is 0 Å². The summed E-state index contributed by atoms with van der Waals surface area (Å²) in [4.78, 5) is 17.5. The molecule has 0 amide bonds. The number of aliphatic hydroxyl groups is 4. The summed E-state index contributed by atoms with van der Waals surface area (Å²) in [6, 6.07) is 8.17. The van der Waals surface area contributed by atoms with E-state index in [0.717, 1.165) is 24.8 Å². The third kappa shape index (κ3) is 10.5. The van der Waals surface area contributed by atoms with Gasteiger partial charge in [0, 0.05) is 17.7 Å². The van der Waals surface area contributed by atoms with Crippen molar-refractivity contribution in [1.82, 2.24) is 4.98 Å². The number of unbranched alkanes of at least 4 members (excludes halogenated alkanes) is 15. The standard InChI is InChI=1S/C36H53NO8/c1-2-3-4-5-6-7-8-9-10-11-12-13-14-15-16-17-18-25-21-28-31(23-29(25)39)44-30-22-26(19-20-27(30)37-28)43-36-35(42)34(41)33(40)32(24-38)45-36/h19-23,32-36,38,40-42H,2-18,24H2,1H3/t32-,33+,34+,35-,36-/m1/s1. The predicted molar refractivity (Wildman–Crippen MR) is 175 cm³/mol. The van der Waals surface area contributed by atoms with Gasteiger partial charge in [-0.25, -0.2) is 4.98 Å². The monoisotopic (exact) mass is 627 g/mol. The number of ether oxygens (including phenoxy) is 2. The molecule has 5 atom stereocenters. The van der Waals surface area contributed by atoms with Crippen LogP contribution in [0.25, 0.3) is 22.6 Å². The fraction of sp³-hybridized carbons (Fsp3) is 0.667. The minimum atomic E-state index is -1.54. The molecule has 0 radical (unpaired) electrons. The maximum atomic E-state index is 12.8. The molecule has 1 saturated heterocycles. The highest BCUT2D eigenvalue weighted by molar-refractivity contribution is 5.77. The zero-order chi connectivity index (χ0) is 32.0. The maximum absolute atomic E-state index is 12.8. The Hall–Kier alpha value is -2.56. The van der Waals surface area contributed by atoms with Gasteiger partial charge in [0.05, 0.1) is 6.61 Å². The lowest BCUT2D eigenvalue weighted by Gasteiger charge is -2.39. The van der Waals surface area contributed by atoms with Crippen LogP contribution in [0.1, 0.15) is 115 Å². The van der Waals surface area contributed by atoms with Crippen LogP contribution in [0.3, 0.4) is 0 Å². The molecule has 2 aliphatic heterocycles. The van der Waals surface area contributed by atoms with E-state index in [-0.39, 0.29) is 11.2 Å². The molecular weight excluding hydrogens is 574 g/mol. The lowest BCUT2D eigenvalue weighted by molar-refractivity contribution is -0.277. The molecule has 0 bridgehead atoms. The van der Waals surface area contributed by atoms with Crippen LogP contribution in [0.5, 0.6) is 5.75 Å². The average Bonchev–Trinajstić information content (AvgIpc) is 3.04. The van der Waals surface area contributed by atoms with Gasteiger partial charge in [-0.1, -0.05) is 103 Å². The summed E-state index contributed by atoms with van der Waals surface area (Å²) in [7, 11) is 0. The summed E-state index contributed by atoms with van der Waals surface area (Å²) in [6.45, 7) is 1.72. The molecule has 0 spiro atoms. The van der Waals surface area contributed by atoms with E-state index in [0.29, 0.717) is 22.6 Å². The molecule has 3 aliphatic rings. The van der Waals surface area contributed by atoms with Crippen molar-refractivity contribution < 1.29 is 34.3 Å². The Kier molecular flexibility index (Phi) is 14.6. The van der Waals surface area contributed by atoms with Gasteiger partial charge in [0.2, 0.25) is 6.29 Å². The quantitative estimate of drug-likeness (QED) is 0.0841. The van der Waals surface area contributed by atoms with Crippen molar-refractivity contribution in [3.05, 3.63) is 46.1 Å². The number of rotatable bonds is 20. The van der Waals surface area contributed by atoms with Crippen molar-refractivity contribution in [1.29, 1.82) is 0 Å². The molecule has 0 unspecified atom stereocenters. The van der Waals surface area contributed by atoms with Crippen LogP contribution >= 0.6 is 0 Å². The van der Waals surface area contributed by atoms with Crippen molar-refractivity contribution in [3.63, 3.8) is 0 Å². The van der Waals surface area contributed by atoms with Gasteiger partial charge in [-0.15, -0.1) is 0 Å². The van der Waals surface area contributed by atoms with Gasteiger partial charge in [-0.3, -0.25) is 4.79 Å².